The van der Waals surface area contributed by atoms with Crippen LogP contribution in [0.15, 0.2) is 50.9 Å². The average Bonchev–Trinajstić information content (AvgIpc) is 3.38. The Kier molecular flexibility index (Phi) is 4.24. The van der Waals surface area contributed by atoms with Crippen LogP contribution in [0.4, 0.5) is 0 Å². The molecule has 2 aromatic heterocycles. The summed E-state index contributed by atoms with van der Waals surface area (Å²) in [7, 11) is 1.69. The second-order valence-corrected chi connectivity index (χ2v) is 7.54. The van der Waals surface area contributed by atoms with Gasteiger partial charge in [-0.1, -0.05) is 41.2 Å². The molecule has 0 saturated carbocycles. The van der Waals surface area contributed by atoms with E-state index in [0.717, 1.165) is 11.1 Å². The average molecular weight is 408 g/mol. The van der Waals surface area contributed by atoms with Crippen molar-refractivity contribution in [2.45, 2.75) is 17.8 Å². The highest BCUT2D eigenvalue weighted by atomic mass is 32.2. The Hall–Kier alpha value is -3.33. The van der Waals surface area contributed by atoms with Gasteiger partial charge in [-0.25, -0.2) is 4.98 Å². The van der Waals surface area contributed by atoms with Crippen LogP contribution in [-0.4, -0.2) is 26.5 Å². The zero-order chi connectivity index (χ0) is 20.0. The predicted molar refractivity (Wildman–Crippen MR) is 107 cm³/mol. The SMILES string of the molecule is Cc1ccccc1-c1noc(CSc2nc3cc4c(cc3c(=O)n2C)OCO4)n1. The van der Waals surface area contributed by atoms with Crippen molar-refractivity contribution < 1.29 is 14.0 Å². The van der Waals surface area contributed by atoms with Crippen molar-refractivity contribution in [2.24, 2.45) is 7.05 Å². The smallest absolute Gasteiger partial charge is 0.261 e. The van der Waals surface area contributed by atoms with Crippen LogP contribution in [0.5, 0.6) is 11.5 Å². The highest BCUT2D eigenvalue weighted by Gasteiger charge is 2.19. The van der Waals surface area contributed by atoms with Crippen LogP contribution in [0.25, 0.3) is 22.3 Å². The molecule has 0 atom stereocenters. The lowest BCUT2D eigenvalue weighted by Gasteiger charge is -2.08. The Morgan fingerprint density at radius 1 is 1.14 bits per heavy atom. The lowest BCUT2D eigenvalue weighted by Crippen LogP contribution is -2.20. The molecule has 0 unspecified atom stereocenters. The van der Waals surface area contributed by atoms with Crippen molar-refractivity contribution in [1.82, 2.24) is 19.7 Å². The monoisotopic (exact) mass is 408 g/mol. The fourth-order valence-electron chi connectivity index (χ4n) is 3.14. The first-order valence-corrected chi connectivity index (χ1v) is 9.90. The first-order valence-electron chi connectivity index (χ1n) is 8.92. The van der Waals surface area contributed by atoms with Gasteiger partial charge >= 0.3 is 0 Å². The van der Waals surface area contributed by atoms with E-state index in [2.05, 4.69) is 15.1 Å². The van der Waals surface area contributed by atoms with Crippen molar-refractivity contribution in [3.63, 3.8) is 0 Å². The van der Waals surface area contributed by atoms with E-state index in [4.69, 9.17) is 14.0 Å². The Morgan fingerprint density at radius 3 is 2.76 bits per heavy atom. The largest absolute Gasteiger partial charge is 0.454 e. The lowest BCUT2D eigenvalue weighted by molar-refractivity contribution is 0.174. The van der Waals surface area contributed by atoms with Crippen molar-refractivity contribution >= 4 is 22.7 Å². The summed E-state index contributed by atoms with van der Waals surface area (Å²) < 4.78 is 17.6. The molecule has 146 valence electrons. The number of hydrogen-bond donors (Lipinski definition) is 0. The van der Waals surface area contributed by atoms with Gasteiger partial charge in [0.1, 0.15) is 0 Å². The summed E-state index contributed by atoms with van der Waals surface area (Å²) in [5.74, 6) is 2.57. The molecule has 4 aromatic rings. The summed E-state index contributed by atoms with van der Waals surface area (Å²) >= 11 is 1.36. The minimum atomic E-state index is -0.151. The van der Waals surface area contributed by atoms with Gasteiger partial charge in [0, 0.05) is 18.7 Å². The number of nitrogens with zero attached hydrogens (tertiary/aromatic N) is 4. The first kappa shape index (κ1) is 17.7. The van der Waals surface area contributed by atoms with Gasteiger partial charge in [0.25, 0.3) is 5.56 Å². The number of rotatable bonds is 4. The van der Waals surface area contributed by atoms with E-state index in [0.29, 0.717) is 45.0 Å². The van der Waals surface area contributed by atoms with Crippen LogP contribution in [0.2, 0.25) is 0 Å². The van der Waals surface area contributed by atoms with E-state index in [1.165, 1.54) is 16.3 Å². The Morgan fingerprint density at radius 2 is 1.93 bits per heavy atom. The molecular weight excluding hydrogens is 392 g/mol. The Balaban J connectivity index is 1.43. The second-order valence-electron chi connectivity index (χ2n) is 6.60. The molecule has 0 amide bonds. The summed E-state index contributed by atoms with van der Waals surface area (Å²) in [6, 6.07) is 11.3. The topological polar surface area (TPSA) is 92.3 Å². The highest BCUT2D eigenvalue weighted by molar-refractivity contribution is 7.98. The molecule has 8 nitrogen and oxygen atoms in total. The number of ether oxygens (including phenoxy) is 2. The zero-order valence-corrected chi connectivity index (χ0v) is 16.5. The van der Waals surface area contributed by atoms with Gasteiger partial charge < -0.3 is 14.0 Å². The number of hydrogen-bond acceptors (Lipinski definition) is 8. The molecule has 0 N–H and O–H groups in total. The Bertz CT molecular complexity index is 1300. The third-order valence-electron chi connectivity index (χ3n) is 4.71. The number of benzene rings is 2. The summed E-state index contributed by atoms with van der Waals surface area (Å²) in [4.78, 5) is 21.8. The maximum atomic E-state index is 12.7. The van der Waals surface area contributed by atoms with Gasteiger partial charge in [0.05, 0.1) is 16.7 Å². The molecule has 0 bridgehead atoms. The van der Waals surface area contributed by atoms with Crippen LogP contribution in [0, 0.1) is 6.92 Å². The first-order chi connectivity index (χ1) is 14.1. The van der Waals surface area contributed by atoms with Crippen molar-refractivity contribution in [3.05, 3.63) is 58.2 Å². The van der Waals surface area contributed by atoms with E-state index in [1.54, 1.807) is 19.2 Å². The molecule has 0 saturated heterocycles. The lowest BCUT2D eigenvalue weighted by atomic mass is 10.1. The van der Waals surface area contributed by atoms with Crippen LogP contribution in [0.3, 0.4) is 0 Å². The number of fused-ring (bicyclic) bond motifs is 2. The molecule has 9 heteroatoms. The minimum Gasteiger partial charge on any atom is -0.454 e. The van der Waals surface area contributed by atoms with Crippen LogP contribution >= 0.6 is 11.8 Å². The Labute approximate surface area is 169 Å². The van der Waals surface area contributed by atoms with Gasteiger partial charge in [-0.3, -0.25) is 9.36 Å². The van der Waals surface area contributed by atoms with Crippen molar-refractivity contribution in [1.29, 1.82) is 0 Å². The molecule has 0 fully saturated rings. The van der Waals surface area contributed by atoms with E-state index in [-0.39, 0.29) is 12.4 Å². The van der Waals surface area contributed by atoms with Gasteiger partial charge in [-0.2, -0.15) is 4.98 Å². The van der Waals surface area contributed by atoms with Crippen molar-refractivity contribution in [3.8, 4) is 22.9 Å². The maximum Gasteiger partial charge on any atom is 0.261 e. The fraction of sp³-hybridized carbons (Fsp3) is 0.200. The number of thioether (sulfide) groups is 1. The van der Waals surface area contributed by atoms with E-state index < -0.39 is 0 Å². The quantitative estimate of drug-likeness (QED) is 0.375. The van der Waals surface area contributed by atoms with E-state index in [1.807, 2.05) is 31.2 Å². The van der Waals surface area contributed by atoms with Gasteiger partial charge in [0.2, 0.25) is 18.5 Å². The molecule has 3 heterocycles. The van der Waals surface area contributed by atoms with Crippen LogP contribution in [0.1, 0.15) is 11.5 Å². The molecule has 1 aliphatic rings. The number of aromatic nitrogens is 4. The molecule has 0 spiro atoms. The van der Waals surface area contributed by atoms with Crippen molar-refractivity contribution in [2.75, 3.05) is 6.79 Å². The van der Waals surface area contributed by atoms with Gasteiger partial charge in [0.15, 0.2) is 16.7 Å². The van der Waals surface area contributed by atoms with Crippen LogP contribution in [-0.2, 0) is 12.8 Å². The minimum absolute atomic E-state index is 0.147. The maximum absolute atomic E-state index is 12.7. The molecular formula is C20H16N4O4S. The molecule has 2 aromatic carbocycles. The fourth-order valence-corrected chi connectivity index (χ4v) is 3.95. The molecule has 0 radical (unpaired) electrons. The summed E-state index contributed by atoms with van der Waals surface area (Å²) in [5.41, 5.74) is 2.41. The standard InChI is InChI=1S/C20H16N4O4S/c1-11-5-3-4-6-12(11)18-22-17(28-23-18)9-29-20-21-14-8-16-15(26-10-27-16)7-13(14)19(25)24(20)2/h3-8H,9-10H2,1-2H3. The summed E-state index contributed by atoms with van der Waals surface area (Å²) in [6.07, 6.45) is 0. The molecule has 0 aliphatic carbocycles. The zero-order valence-electron chi connectivity index (χ0n) is 15.7. The van der Waals surface area contributed by atoms with Gasteiger partial charge in [-0.05, 0) is 18.6 Å². The second kappa shape index (κ2) is 6.93. The molecule has 29 heavy (non-hydrogen) atoms. The predicted octanol–water partition coefficient (Wildman–Crippen LogP) is 3.31. The summed E-state index contributed by atoms with van der Waals surface area (Å²) in [5, 5.41) is 5.11. The third-order valence-corrected chi connectivity index (χ3v) is 5.72. The van der Waals surface area contributed by atoms with E-state index >= 15 is 0 Å². The highest BCUT2D eigenvalue weighted by Crippen LogP contribution is 2.35. The van der Waals surface area contributed by atoms with Crippen LogP contribution < -0.4 is 15.0 Å². The van der Waals surface area contributed by atoms with Gasteiger partial charge in [-0.15, -0.1) is 0 Å². The number of aryl methyl sites for hydroxylation is 1. The third kappa shape index (κ3) is 3.13. The summed E-state index contributed by atoms with van der Waals surface area (Å²) in [6.45, 7) is 2.15. The van der Waals surface area contributed by atoms with E-state index in [9.17, 15) is 4.79 Å². The normalized spacial score (nSPS) is 12.6. The molecule has 1 aliphatic heterocycles. The molecule has 5 rings (SSSR count).